The van der Waals surface area contributed by atoms with Crippen molar-refractivity contribution in [1.29, 1.82) is 0 Å². The standard InChI is InChI=1S/C10H11NO2S/c12-10(13)5-4-7-2-1-3-9-8(7)6-11-14-9/h1-3,6,8-9H,4-5H2,(H,12,13). The second kappa shape index (κ2) is 4.00. The van der Waals surface area contributed by atoms with Gasteiger partial charge in [-0.15, -0.1) is 0 Å². The lowest BCUT2D eigenvalue weighted by Gasteiger charge is -2.19. The van der Waals surface area contributed by atoms with Gasteiger partial charge in [0.1, 0.15) is 0 Å². The monoisotopic (exact) mass is 209 g/mol. The van der Waals surface area contributed by atoms with Crippen LogP contribution < -0.4 is 0 Å². The third kappa shape index (κ3) is 1.90. The lowest BCUT2D eigenvalue weighted by Crippen LogP contribution is -2.17. The van der Waals surface area contributed by atoms with Gasteiger partial charge in [0.05, 0.1) is 5.25 Å². The Balaban J connectivity index is 2.02. The van der Waals surface area contributed by atoms with Crippen LogP contribution in [0.3, 0.4) is 0 Å². The van der Waals surface area contributed by atoms with E-state index < -0.39 is 5.97 Å². The van der Waals surface area contributed by atoms with E-state index in [9.17, 15) is 4.79 Å². The zero-order valence-corrected chi connectivity index (χ0v) is 8.41. The summed E-state index contributed by atoms with van der Waals surface area (Å²) in [6, 6.07) is 0. The number of hydrogen-bond acceptors (Lipinski definition) is 3. The van der Waals surface area contributed by atoms with E-state index in [0.29, 0.717) is 17.6 Å². The molecule has 2 aliphatic rings. The van der Waals surface area contributed by atoms with Crippen molar-refractivity contribution in [2.24, 2.45) is 10.3 Å². The molecule has 0 aromatic rings. The van der Waals surface area contributed by atoms with Gasteiger partial charge < -0.3 is 5.11 Å². The number of carboxylic acids is 1. The fraction of sp³-hybridized carbons (Fsp3) is 0.400. The van der Waals surface area contributed by atoms with Crippen LogP contribution in [0.25, 0.3) is 0 Å². The molecule has 3 nitrogen and oxygen atoms in total. The molecular formula is C10H11NO2S. The summed E-state index contributed by atoms with van der Waals surface area (Å²) >= 11 is 1.56. The molecule has 1 aliphatic heterocycles. The lowest BCUT2D eigenvalue weighted by molar-refractivity contribution is -0.136. The Hall–Kier alpha value is -1.03. The van der Waals surface area contributed by atoms with Gasteiger partial charge in [0, 0.05) is 18.6 Å². The first-order valence-corrected chi connectivity index (χ1v) is 5.39. The predicted molar refractivity (Wildman–Crippen MR) is 57.5 cm³/mol. The van der Waals surface area contributed by atoms with E-state index >= 15 is 0 Å². The van der Waals surface area contributed by atoms with Crippen molar-refractivity contribution >= 4 is 24.1 Å². The molecule has 0 radical (unpaired) electrons. The third-order valence-electron chi connectivity index (χ3n) is 2.42. The van der Waals surface area contributed by atoms with Gasteiger partial charge in [-0.2, -0.15) is 0 Å². The molecule has 0 aromatic carbocycles. The molecule has 0 aromatic heterocycles. The van der Waals surface area contributed by atoms with Crippen LogP contribution in [0.5, 0.6) is 0 Å². The summed E-state index contributed by atoms with van der Waals surface area (Å²) in [7, 11) is 0. The van der Waals surface area contributed by atoms with Gasteiger partial charge in [-0.1, -0.05) is 23.8 Å². The lowest BCUT2D eigenvalue weighted by atomic mass is 9.89. The first-order valence-electron chi connectivity index (χ1n) is 4.56. The molecule has 14 heavy (non-hydrogen) atoms. The topological polar surface area (TPSA) is 49.7 Å². The van der Waals surface area contributed by atoms with E-state index in [-0.39, 0.29) is 6.42 Å². The number of carbonyl (C=O) groups is 1. The number of carboxylic acid groups (broad SMARTS) is 1. The fourth-order valence-corrected chi connectivity index (χ4v) is 2.56. The van der Waals surface area contributed by atoms with Crippen molar-refractivity contribution in [2.45, 2.75) is 18.1 Å². The first-order chi connectivity index (χ1) is 6.77. The summed E-state index contributed by atoms with van der Waals surface area (Å²) in [6.07, 6.45) is 8.90. The van der Waals surface area contributed by atoms with Crippen molar-refractivity contribution in [3.8, 4) is 0 Å². The summed E-state index contributed by atoms with van der Waals surface area (Å²) in [5.41, 5.74) is 1.19. The fourth-order valence-electron chi connectivity index (χ4n) is 1.68. The smallest absolute Gasteiger partial charge is 0.303 e. The maximum Gasteiger partial charge on any atom is 0.303 e. The molecule has 4 heteroatoms. The molecule has 2 atom stereocenters. The Labute approximate surface area is 86.7 Å². The molecule has 2 unspecified atom stereocenters. The summed E-state index contributed by atoms with van der Waals surface area (Å²) in [5, 5.41) is 8.99. The Kier molecular flexibility index (Phi) is 2.72. The van der Waals surface area contributed by atoms with Gasteiger partial charge in [0.2, 0.25) is 0 Å². The number of fused-ring (bicyclic) bond motifs is 1. The minimum Gasteiger partial charge on any atom is -0.481 e. The minimum atomic E-state index is -0.736. The van der Waals surface area contributed by atoms with Gasteiger partial charge in [0.25, 0.3) is 0 Å². The summed E-state index contributed by atoms with van der Waals surface area (Å²) in [6.45, 7) is 0. The average molecular weight is 209 g/mol. The third-order valence-corrected chi connectivity index (χ3v) is 3.36. The van der Waals surface area contributed by atoms with E-state index in [2.05, 4.69) is 10.5 Å². The maximum atomic E-state index is 10.5. The van der Waals surface area contributed by atoms with E-state index in [4.69, 9.17) is 5.11 Å². The van der Waals surface area contributed by atoms with Gasteiger partial charge in [0.15, 0.2) is 0 Å². The van der Waals surface area contributed by atoms with E-state index in [0.717, 1.165) is 0 Å². The molecule has 0 saturated heterocycles. The van der Waals surface area contributed by atoms with Gasteiger partial charge >= 0.3 is 5.97 Å². The van der Waals surface area contributed by atoms with Crippen LogP contribution in [0.2, 0.25) is 0 Å². The molecule has 1 heterocycles. The van der Waals surface area contributed by atoms with Gasteiger partial charge in [-0.25, -0.2) is 4.40 Å². The quantitative estimate of drug-likeness (QED) is 0.724. The zero-order valence-electron chi connectivity index (χ0n) is 7.59. The van der Waals surface area contributed by atoms with Gasteiger partial charge in [-0.05, 0) is 18.4 Å². The molecule has 0 bridgehead atoms. The first kappa shape index (κ1) is 9.52. The highest BCUT2D eigenvalue weighted by atomic mass is 32.2. The van der Waals surface area contributed by atoms with Crippen LogP contribution in [0.1, 0.15) is 12.8 Å². The van der Waals surface area contributed by atoms with Crippen molar-refractivity contribution < 1.29 is 9.90 Å². The second-order valence-corrected chi connectivity index (χ2v) is 4.34. The molecule has 1 aliphatic carbocycles. The number of aliphatic carboxylic acids is 1. The Morgan fingerprint density at radius 1 is 1.64 bits per heavy atom. The largest absolute Gasteiger partial charge is 0.481 e. The average Bonchev–Trinajstić information content (AvgIpc) is 2.62. The number of nitrogens with zero attached hydrogens (tertiary/aromatic N) is 1. The Bertz CT molecular complexity index is 333. The highest BCUT2D eigenvalue weighted by Crippen LogP contribution is 2.36. The van der Waals surface area contributed by atoms with Crippen LogP contribution in [-0.4, -0.2) is 22.5 Å². The van der Waals surface area contributed by atoms with Crippen LogP contribution >= 0.6 is 11.9 Å². The van der Waals surface area contributed by atoms with Crippen LogP contribution in [0, 0.1) is 5.92 Å². The SMILES string of the molecule is O=C(O)CCC1=CC=CC2SN=CC12. The highest BCUT2D eigenvalue weighted by Gasteiger charge is 2.28. The van der Waals surface area contributed by atoms with Crippen molar-refractivity contribution in [1.82, 2.24) is 0 Å². The van der Waals surface area contributed by atoms with Crippen molar-refractivity contribution in [3.05, 3.63) is 23.8 Å². The summed E-state index contributed by atoms with van der Waals surface area (Å²) < 4.78 is 4.16. The van der Waals surface area contributed by atoms with Crippen molar-refractivity contribution in [3.63, 3.8) is 0 Å². The van der Waals surface area contributed by atoms with E-state index in [1.165, 1.54) is 5.57 Å². The Morgan fingerprint density at radius 2 is 2.50 bits per heavy atom. The highest BCUT2D eigenvalue weighted by molar-refractivity contribution is 7.99. The number of allylic oxidation sites excluding steroid dienone is 3. The van der Waals surface area contributed by atoms with E-state index in [1.54, 1.807) is 11.9 Å². The van der Waals surface area contributed by atoms with Crippen molar-refractivity contribution in [2.75, 3.05) is 0 Å². The summed E-state index contributed by atoms with van der Waals surface area (Å²) in [4.78, 5) is 10.5. The van der Waals surface area contributed by atoms with E-state index in [1.807, 2.05) is 18.4 Å². The van der Waals surface area contributed by atoms with Crippen LogP contribution in [0.4, 0.5) is 0 Å². The zero-order chi connectivity index (χ0) is 9.97. The molecule has 0 amide bonds. The molecule has 2 rings (SSSR count). The molecule has 1 N–H and O–H groups in total. The molecule has 0 spiro atoms. The van der Waals surface area contributed by atoms with Gasteiger partial charge in [-0.3, -0.25) is 4.79 Å². The minimum absolute atomic E-state index is 0.210. The summed E-state index contributed by atoms with van der Waals surface area (Å²) in [5.74, 6) is -0.413. The second-order valence-electron chi connectivity index (χ2n) is 3.37. The molecule has 0 fully saturated rings. The molecule has 0 saturated carbocycles. The Morgan fingerprint density at radius 3 is 3.29 bits per heavy atom. The maximum absolute atomic E-state index is 10.5. The normalized spacial score (nSPS) is 28.7. The molecular weight excluding hydrogens is 198 g/mol. The number of hydrogen-bond donors (Lipinski definition) is 1. The predicted octanol–water partition coefficient (Wildman–Crippen LogP) is 2.06. The number of rotatable bonds is 3. The van der Waals surface area contributed by atoms with Crippen LogP contribution in [0.15, 0.2) is 28.2 Å². The van der Waals surface area contributed by atoms with Crippen LogP contribution in [-0.2, 0) is 4.79 Å². The molecule has 74 valence electrons.